The highest BCUT2D eigenvalue weighted by Gasteiger charge is 2.15. The summed E-state index contributed by atoms with van der Waals surface area (Å²) >= 11 is 1.21. The molecule has 2 aromatic carbocycles. The zero-order valence-electron chi connectivity index (χ0n) is 12.6. The molecule has 0 radical (unpaired) electrons. The lowest BCUT2D eigenvalue weighted by Crippen LogP contribution is -2.24. The fourth-order valence-corrected chi connectivity index (χ4v) is 3.03. The van der Waals surface area contributed by atoms with Crippen molar-refractivity contribution in [3.8, 4) is 11.3 Å². The Labute approximate surface area is 142 Å². The summed E-state index contributed by atoms with van der Waals surface area (Å²) in [5.41, 5.74) is 1.05. The molecule has 3 nitrogen and oxygen atoms in total. The average molecular weight is 344 g/mol. The third-order valence-corrected chi connectivity index (χ3v) is 4.26. The van der Waals surface area contributed by atoms with Crippen molar-refractivity contribution in [3.05, 3.63) is 76.1 Å². The molecule has 0 saturated carbocycles. The molecule has 3 rings (SSSR count). The summed E-state index contributed by atoms with van der Waals surface area (Å²) in [5, 5.41) is 4.87. The molecule has 0 aliphatic heterocycles. The lowest BCUT2D eigenvalue weighted by atomic mass is 10.1. The topological polar surface area (TPSA) is 42.0 Å². The van der Waals surface area contributed by atoms with Gasteiger partial charge in [-0.3, -0.25) is 4.79 Å². The Bertz CT molecular complexity index is 829. The van der Waals surface area contributed by atoms with Gasteiger partial charge in [-0.1, -0.05) is 36.4 Å². The minimum atomic E-state index is -0.666. The highest BCUT2D eigenvalue weighted by Crippen LogP contribution is 2.27. The first kappa shape index (κ1) is 16.3. The average Bonchev–Trinajstić information content (AvgIpc) is 3.02. The van der Waals surface area contributed by atoms with Crippen LogP contribution in [0.25, 0.3) is 11.3 Å². The van der Waals surface area contributed by atoms with E-state index >= 15 is 0 Å². The first-order valence-electron chi connectivity index (χ1n) is 7.33. The molecule has 1 N–H and O–H groups in total. The van der Waals surface area contributed by atoms with Crippen molar-refractivity contribution in [2.75, 3.05) is 0 Å². The molecule has 0 unspecified atom stereocenters. The maximum atomic E-state index is 13.8. The van der Waals surface area contributed by atoms with E-state index in [4.69, 9.17) is 0 Å². The van der Waals surface area contributed by atoms with Crippen LogP contribution in [0.5, 0.6) is 0 Å². The number of hydrogen-bond acceptors (Lipinski definition) is 3. The standard InChI is InChI=1S/C18H14F2N2OS/c19-13-7-4-8-14(20)18(13)15-11-24-17(22-15)9-16(23)21-10-12-5-2-1-3-6-12/h1-8,11H,9-10H2,(H,21,23). The van der Waals surface area contributed by atoms with E-state index in [-0.39, 0.29) is 23.6 Å². The number of nitrogens with one attached hydrogen (secondary N) is 1. The Morgan fingerprint density at radius 2 is 1.75 bits per heavy atom. The normalized spacial score (nSPS) is 10.6. The Balaban J connectivity index is 1.65. The Kier molecular flexibility index (Phi) is 4.96. The number of thiazole rings is 1. The first-order chi connectivity index (χ1) is 11.6. The third kappa shape index (κ3) is 3.83. The second-order valence-electron chi connectivity index (χ2n) is 5.16. The largest absolute Gasteiger partial charge is 0.352 e. The van der Waals surface area contributed by atoms with Crippen LogP contribution in [0.15, 0.2) is 53.9 Å². The predicted octanol–water partition coefficient (Wildman–Crippen LogP) is 3.95. The van der Waals surface area contributed by atoms with Gasteiger partial charge in [0, 0.05) is 11.9 Å². The molecule has 24 heavy (non-hydrogen) atoms. The summed E-state index contributed by atoms with van der Waals surface area (Å²) in [4.78, 5) is 16.1. The molecule has 0 atom stereocenters. The Morgan fingerprint density at radius 3 is 2.46 bits per heavy atom. The van der Waals surface area contributed by atoms with Gasteiger partial charge in [0.25, 0.3) is 0 Å². The van der Waals surface area contributed by atoms with E-state index in [1.54, 1.807) is 5.38 Å². The molecule has 122 valence electrons. The van der Waals surface area contributed by atoms with Crippen molar-refractivity contribution in [1.82, 2.24) is 10.3 Å². The molecule has 0 fully saturated rings. The van der Waals surface area contributed by atoms with Crippen LogP contribution in [0, 0.1) is 11.6 Å². The number of rotatable bonds is 5. The zero-order chi connectivity index (χ0) is 16.9. The van der Waals surface area contributed by atoms with E-state index in [0.717, 1.165) is 5.56 Å². The van der Waals surface area contributed by atoms with Gasteiger partial charge in [-0.25, -0.2) is 13.8 Å². The number of nitrogens with zero attached hydrogens (tertiary/aromatic N) is 1. The molecule has 1 amide bonds. The Hall–Kier alpha value is -2.60. The van der Waals surface area contributed by atoms with E-state index in [1.165, 1.54) is 29.5 Å². The molecular weight excluding hydrogens is 330 g/mol. The monoisotopic (exact) mass is 344 g/mol. The van der Waals surface area contributed by atoms with E-state index in [0.29, 0.717) is 11.6 Å². The Morgan fingerprint density at radius 1 is 1.04 bits per heavy atom. The summed E-state index contributed by atoms with van der Waals surface area (Å²) in [6.07, 6.45) is 0.0770. The number of carbonyl (C=O) groups is 1. The summed E-state index contributed by atoms with van der Waals surface area (Å²) in [6.45, 7) is 0.430. The quantitative estimate of drug-likeness (QED) is 0.761. The molecule has 0 saturated heterocycles. The van der Waals surface area contributed by atoms with Crippen molar-refractivity contribution < 1.29 is 13.6 Å². The fourth-order valence-electron chi connectivity index (χ4n) is 2.25. The first-order valence-corrected chi connectivity index (χ1v) is 8.21. The second kappa shape index (κ2) is 7.31. The maximum absolute atomic E-state index is 13.8. The van der Waals surface area contributed by atoms with Gasteiger partial charge in [0.1, 0.15) is 16.6 Å². The molecule has 6 heteroatoms. The number of aromatic nitrogens is 1. The van der Waals surface area contributed by atoms with Gasteiger partial charge in [-0.2, -0.15) is 0 Å². The van der Waals surface area contributed by atoms with Crippen LogP contribution in [-0.2, 0) is 17.8 Å². The molecule has 0 aliphatic rings. The van der Waals surface area contributed by atoms with Crippen molar-refractivity contribution in [1.29, 1.82) is 0 Å². The SMILES string of the molecule is O=C(Cc1nc(-c2c(F)cccc2F)cs1)NCc1ccccc1. The number of halogens is 2. The van der Waals surface area contributed by atoms with Crippen LogP contribution >= 0.6 is 11.3 Å². The molecule has 3 aromatic rings. The van der Waals surface area contributed by atoms with Gasteiger partial charge in [0.15, 0.2) is 0 Å². The molecular formula is C18H14F2N2OS. The summed E-state index contributed by atoms with van der Waals surface area (Å²) < 4.78 is 27.5. The lowest BCUT2D eigenvalue weighted by Gasteiger charge is -2.04. The smallest absolute Gasteiger partial charge is 0.227 e. The second-order valence-corrected chi connectivity index (χ2v) is 6.10. The van der Waals surface area contributed by atoms with Crippen LogP contribution in [0.2, 0.25) is 0 Å². The number of hydrogen-bond donors (Lipinski definition) is 1. The van der Waals surface area contributed by atoms with E-state index in [1.807, 2.05) is 30.3 Å². The number of benzene rings is 2. The van der Waals surface area contributed by atoms with Gasteiger partial charge in [0.2, 0.25) is 5.91 Å². The van der Waals surface area contributed by atoms with Gasteiger partial charge in [-0.05, 0) is 17.7 Å². The van der Waals surface area contributed by atoms with Crippen molar-refractivity contribution in [2.45, 2.75) is 13.0 Å². The van der Waals surface area contributed by atoms with E-state index in [9.17, 15) is 13.6 Å². The van der Waals surface area contributed by atoms with Crippen LogP contribution < -0.4 is 5.32 Å². The van der Waals surface area contributed by atoms with E-state index < -0.39 is 11.6 Å². The van der Waals surface area contributed by atoms with Crippen molar-refractivity contribution in [2.24, 2.45) is 0 Å². The zero-order valence-corrected chi connectivity index (χ0v) is 13.4. The van der Waals surface area contributed by atoms with Crippen molar-refractivity contribution >= 4 is 17.2 Å². The van der Waals surface area contributed by atoms with Gasteiger partial charge in [0.05, 0.1) is 17.7 Å². The molecule has 0 aliphatic carbocycles. The minimum absolute atomic E-state index is 0.0770. The van der Waals surface area contributed by atoms with Crippen LogP contribution in [0.4, 0.5) is 8.78 Å². The molecule has 1 aromatic heterocycles. The maximum Gasteiger partial charge on any atom is 0.227 e. The third-order valence-electron chi connectivity index (χ3n) is 3.41. The van der Waals surface area contributed by atoms with E-state index in [2.05, 4.69) is 10.3 Å². The number of amides is 1. The van der Waals surface area contributed by atoms with Gasteiger partial charge < -0.3 is 5.32 Å². The van der Waals surface area contributed by atoms with Crippen LogP contribution in [-0.4, -0.2) is 10.9 Å². The molecule has 1 heterocycles. The van der Waals surface area contributed by atoms with Gasteiger partial charge >= 0.3 is 0 Å². The van der Waals surface area contributed by atoms with Gasteiger partial charge in [-0.15, -0.1) is 11.3 Å². The number of carbonyl (C=O) groups excluding carboxylic acids is 1. The minimum Gasteiger partial charge on any atom is -0.352 e. The lowest BCUT2D eigenvalue weighted by molar-refractivity contribution is -0.120. The van der Waals surface area contributed by atoms with Crippen LogP contribution in [0.3, 0.4) is 0 Å². The highest BCUT2D eigenvalue weighted by atomic mass is 32.1. The highest BCUT2D eigenvalue weighted by molar-refractivity contribution is 7.10. The molecule has 0 spiro atoms. The summed E-state index contributed by atoms with van der Waals surface area (Å²) in [6, 6.07) is 13.2. The van der Waals surface area contributed by atoms with Crippen molar-refractivity contribution in [3.63, 3.8) is 0 Å². The predicted molar refractivity (Wildman–Crippen MR) is 89.5 cm³/mol. The summed E-state index contributed by atoms with van der Waals surface area (Å²) in [7, 11) is 0. The molecule has 0 bridgehead atoms. The fraction of sp³-hybridized carbons (Fsp3) is 0.111. The summed E-state index contributed by atoms with van der Waals surface area (Å²) in [5.74, 6) is -1.52. The van der Waals surface area contributed by atoms with Crippen LogP contribution in [0.1, 0.15) is 10.6 Å².